The van der Waals surface area contributed by atoms with Crippen molar-refractivity contribution in [3.05, 3.63) is 0 Å². The number of unbranched alkanes of at least 4 members (excludes halogenated alkanes) is 3. The summed E-state index contributed by atoms with van der Waals surface area (Å²) in [6, 6.07) is 0. The molecule has 3 heteroatoms. The summed E-state index contributed by atoms with van der Waals surface area (Å²) < 4.78 is 10.2. The number of rotatable bonds is 9. The van der Waals surface area contributed by atoms with Crippen LogP contribution in [0.1, 0.15) is 51.9 Å². The van der Waals surface area contributed by atoms with E-state index in [4.69, 9.17) is 9.47 Å². The van der Waals surface area contributed by atoms with E-state index in [1.807, 2.05) is 6.92 Å². The lowest BCUT2D eigenvalue weighted by Gasteiger charge is -2.03. The Labute approximate surface area is 92.1 Å². The van der Waals surface area contributed by atoms with Crippen molar-refractivity contribution in [1.82, 2.24) is 0 Å². The highest BCUT2D eigenvalue weighted by atomic mass is 16.6. The van der Waals surface area contributed by atoms with Gasteiger partial charge in [0.15, 0.2) is 0 Å². The Bertz CT molecular complexity index is 176. The van der Waals surface area contributed by atoms with E-state index in [-0.39, 0.29) is 5.97 Å². The van der Waals surface area contributed by atoms with Gasteiger partial charge in [0, 0.05) is 6.42 Å². The van der Waals surface area contributed by atoms with Crippen LogP contribution in [-0.2, 0) is 14.3 Å². The maximum atomic E-state index is 11.0. The van der Waals surface area contributed by atoms with Crippen molar-refractivity contribution in [3.8, 4) is 0 Å². The SMILES string of the molecule is CCCC(=O)OCCCCCCC1CO1. The lowest BCUT2D eigenvalue weighted by Crippen LogP contribution is -2.04. The van der Waals surface area contributed by atoms with Gasteiger partial charge in [-0.2, -0.15) is 0 Å². The highest BCUT2D eigenvalue weighted by molar-refractivity contribution is 5.69. The molecule has 1 fully saturated rings. The van der Waals surface area contributed by atoms with Crippen molar-refractivity contribution in [2.24, 2.45) is 0 Å². The normalized spacial score (nSPS) is 18.9. The van der Waals surface area contributed by atoms with Crippen LogP contribution in [0.5, 0.6) is 0 Å². The van der Waals surface area contributed by atoms with E-state index < -0.39 is 0 Å². The van der Waals surface area contributed by atoms with E-state index in [0.29, 0.717) is 19.1 Å². The quantitative estimate of drug-likeness (QED) is 0.336. The minimum Gasteiger partial charge on any atom is -0.466 e. The van der Waals surface area contributed by atoms with Crippen molar-refractivity contribution in [2.45, 2.75) is 58.0 Å². The number of esters is 1. The molecule has 0 aromatic heterocycles. The molecule has 1 aliphatic heterocycles. The summed E-state index contributed by atoms with van der Waals surface area (Å²) in [4.78, 5) is 11.0. The van der Waals surface area contributed by atoms with Gasteiger partial charge in [-0.3, -0.25) is 4.79 Å². The van der Waals surface area contributed by atoms with Gasteiger partial charge in [0.2, 0.25) is 0 Å². The van der Waals surface area contributed by atoms with Crippen molar-refractivity contribution >= 4 is 5.97 Å². The molecule has 1 rings (SSSR count). The maximum absolute atomic E-state index is 11.0. The Kier molecular flexibility index (Phi) is 6.41. The molecule has 0 amide bonds. The van der Waals surface area contributed by atoms with Gasteiger partial charge >= 0.3 is 5.97 Å². The molecule has 0 aromatic rings. The maximum Gasteiger partial charge on any atom is 0.305 e. The van der Waals surface area contributed by atoms with Gasteiger partial charge in [-0.1, -0.05) is 26.2 Å². The molecule has 0 bridgehead atoms. The molecule has 0 N–H and O–H groups in total. The van der Waals surface area contributed by atoms with Crippen LogP contribution in [0.3, 0.4) is 0 Å². The third kappa shape index (κ3) is 7.37. The van der Waals surface area contributed by atoms with Crippen LogP contribution in [-0.4, -0.2) is 25.3 Å². The molecule has 1 heterocycles. The molecule has 3 nitrogen and oxygen atoms in total. The second-order valence-corrected chi connectivity index (χ2v) is 4.13. The first-order valence-corrected chi connectivity index (χ1v) is 6.10. The summed E-state index contributed by atoms with van der Waals surface area (Å²) in [5, 5.41) is 0. The molecule has 1 aliphatic rings. The van der Waals surface area contributed by atoms with Crippen LogP contribution in [0.4, 0.5) is 0 Å². The predicted octanol–water partition coefficient (Wildman–Crippen LogP) is 2.68. The number of ether oxygens (including phenoxy) is 2. The predicted molar refractivity (Wildman–Crippen MR) is 58.7 cm³/mol. The fourth-order valence-corrected chi connectivity index (χ4v) is 1.52. The Morgan fingerprint density at radius 3 is 2.73 bits per heavy atom. The standard InChI is InChI=1S/C12H22O3/c1-2-7-12(13)14-9-6-4-3-5-8-11-10-15-11/h11H,2-10H2,1H3. The Balaban J connectivity index is 1.73. The molecular formula is C12H22O3. The Morgan fingerprint density at radius 1 is 1.33 bits per heavy atom. The zero-order chi connectivity index (χ0) is 10.9. The van der Waals surface area contributed by atoms with Gasteiger partial charge in [0.1, 0.15) is 0 Å². The molecule has 1 saturated heterocycles. The van der Waals surface area contributed by atoms with Gasteiger partial charge in [0.25, 0.3) is 0 Å². The van der Waals surface area contributed by atoms with E-state index in [1.165, 1.54) is 19.3 Å². The van der Waals surface area contributed by atoms with Gasteiger partial charge in [-0.15, -0.1) is 0 Å². The lowest BCUT2D eigenvalue weighted by molar-refractivity contribution is -0.143. The summed E-state index contributed by atoms with van der Waals surface area (Å²) >= 11 is 0. The van der Waals surface area contributed by atoms with Crippen molar-refractivity contribution < 1.29 is 14.3 Å². The average Bonchev–Trinajstić information content (AvgIpc) is 3.00. The zero-order valence-electron chi connectivity index (χ0n) is 9.67. The molecule has 88 valence electrons. The zero-order valence-corrected chi connectivity index (χ0v) is 9.67. The summed E-state index contributed by atoms with van der Waals surface area (Å²) in [5.74, 6) is -0.0520. The summed E-state index contributed by atoms with van der Waals surface area (Å²) in [6.45, 7) is 3.55. The third-order valence-corrected chi connectivity index (χ3v) is 2.54. The molecule has 0 aromatic carbocycles. The summed E-state index contributed by atoms with van der Waals surface area (Å²) in [6.07, 6.45) is 7.83. The second kappa shape index (κ2) is 7.69. The molecule has 1 atom stereocenters. The Morgan fingerprint density at radius 2 is 2.07 bits per heavy atom. The molecule has 1 unspecified atom stereocenters. The summed E-state index contributed by atoms with van der Waals surface area (Å²) in [7, 11) is 0. The average molecular weight is 214 g/mol. The van der Waals surface area contributed by atoms with E-state index in [1.54, 1.807) is 0 Å². The molecule has 0 spiro atoms. The van der Waals surface area contributed by atoms with Crippen LogP contribution >= 0.6 is 0 Å². The largest absolute Gasteiger partial charge is 0.466 e. The van der Waals surface area contributed by atoms with E-state index in [9.17, 15) is 4.79 Å². The van der Waals surface area contributed by atoms with Crippen LogP contribution < -0.4 is 0 Å². The molecule has 0 saturated carbocycles. The lowest BCUT2D eigenvalue weighted by atomic mass is 10.1. The van der Waals surface area contributed by atoms with E-state index in [2.05, 4.69) is 0 Å². The van der Waals surface area contributed by atoms with E-state index >= 15 is 0 Å². The first kappa shape index (κ1) is 12.5. The van der Waals surface area contributed by atoms with Crippen LogP contribution in [0.25, 0.3) is 0 Å². The van der Waals surface area contributed by atoms with Crippen LogP contribution in [0.2, 0.25) is 0 Å². The summed E-state index contributed by atoms with van der Waals surface area (Å²) in [5.41, 5.74) is 0. The fourth-order valence-electron chi connectivity index (χ4n) is 1.52. The first-order chi connectivity index (χ1) is 7.33. The minimum atomic E-state index is -0.0520. The number of carbonyl (C=O) groups is 1. The van der Waals surface area contributed by atoms with Crippen LogP contribution in [0, 0.1) is 0 Å². The Hall–Kier alpha value is -0.570. The van der Waals surface area contributed by atoms with Crippen molar-refractivity contribution in [1.29, 1.82) is 0 Å². The van der Waals surface area contributed by atoms with Crippen LogP contribution in [0.15, 0.2) is 0 Å². The highest BCUT2D eigenvalue weighted by Gasteiger charge is 2.20. The number of hydrogen-bond donors (Lipinski definition) is 0. The number of epoxide rings is 1. The monoisotopic (exact) mass is 214 g/mol. The smallest absolute Gasteiger partial charge is 0.305 e. The third-order valence-electron chi connectivity index (χ3n) is 2.54. The van der Waals surface area contributed by atoms with Gasteiger partial charge < -0.3 is 9.47 Å². The van der Waals surface area contributed by atoms with Gasteiger partial charge in [-0.05, 0) is 19.3 Å². The first-order valence-electron chi connectivity index (χ1n) is 6.10. The molecule has 15 heavy (non-hydrogen) atoms. The van der Waals surface area contributed by atoms with E-state index in [0.717, 1.165) is 25.9 Å². The topological polar surface area (TPSA) is 38.8 Å². The van der Waals surface area contributed by atoms with Gasteiger partial charge in [0.05, 0.1) is 19.3 Å². The highest BCUT2D eigenvalue weighted by Crippen LogP contribution is 2.17. The van der Waals surface area contributed by atoms with Crippen molar-refractivity contribution in [3.63, 3.8) is 0 Å². The van der Waals surface area contributed by atoms with Crippen molar-refractivity contribution in [2.75, 3.05) is 13.2 Å². The molecule has 0 aliphatic carbocycles. The minimum absolute atomic E-state index is 0.0520. The molecule has 0 radical (unpaired) electrons. The fraction of sp³-hybridized carbons (Fsp3) is 0.917. The second-order valence-electron chi connectivity index (χ2n) is 4.13. The van der Waals surface area contributed by atoms with Gasteiger partial charge in [-0.25, -0.2) is 0 Å². The number of hydrogen-bond acceptors (Lipinski definition) is 3. The molecular weight excluding hydrogens is 192 g/mol. The number of carbonyl (C=O) groups excluding carboxylic acids is 1.